The minimum atomic E-state index is -0.199. The highest BCUT2D eigenvalue weighted by molar-refractivity contribution is 5.98. The predicted octanol–water partition coefficient (Wildman–Crippen LogP) is 6.66. The largest absolute Gasteiger partial charge is 0.361 e. The number of hydrogen-bond acceptors (Lipinski definition) is 2. The summed E-state index contributed by atoms with van der Waals surface area (Å²) in [5.41, 5.74) is 5.02. The number of piperidine rings is 1. The molecule has 2 aromatic heterocycles. The van der Waals surface area contributed by atoms with Crippen molar-refractivity contribution < 1.29 is 9.18 Å². The Bertz CT molecular complexity index is 1330. The van der Waals surface area contributed by atoms with E-state index in [0.29, 0.717) is 11.6 Å². The Morgan fingerprint density at radius 1 is 1.11 bits per heavy atom. The van der Waals surface area contributed by atoms with Gasteiger partial charge < -0.3 is 20.2 Å². The number of carbonyl (C=O) groups excluding carboxylic acids is 1. The molecule has 2 aromatic carbocycles. The summed E-state index contributed by atoms with van der Waals surface area (Å²) in [5, 5.41) is 5.52. The fourth-order valence-electron chi connectivity index (χ4n) is 5.63. The lowest BCUT2D eigenvalue weighted by molar-refractivity contribution is 0.0923. The third-order valence-electron chi connectivity index (χ3n) is 7.76. The van der Waals surface area contributed by atoms with Crippen LogP contribution in [-0.4, -0.2) is 46.5 Å². The van der Waals surface area contributed by atoms with Gasteiger partial charge in [-0.1, -0.05) is 31.9 Å². The molecule has 3 N–H and O–H groups in total. The zero-order chi connectivity index (χ0) is 25.1. The van der Waals surface area contributed by atoms with Gasteiger partial charge in [0.05, 0.1) is 0 Å². The highest BCUT2D eigenvalue weighted by Crippen LogP contribution is 2.33. The van der Waals surface area contributed by atoms with E-state index in [1.807, 2.05) is 12.1 Å². The molecule has 190 valence electrons. The van der Waals surface area contributed by atoms with Gasteiger partial charge >= 0.3 is 0 Å². The van der Waals surface area contributed by atoms with E-state index < -0.39 is 0 Å². The van der Waals surface area contributed by atoms with Gasteiger partial charge in [-0.25, -0.2) is 4.39 Å². The van der Waals surface area contributed by atoms with Gasteiger partial charge in [0.1, 0.15) is 11.5 Å². The van der Waals surface area contributed by atoms with Gasteiger partial charge in [0.15, 0.2) is 0 Å². The number of aromatic nitrogens is 2. The molecule has 0 aliphatic carbocycles. The molecule has 1 aliphatic rings. The summed E-state index contributed by atoms with van der Waals surface area (Å²) in [6, 6.07) is 13.4. The first kappa shape index (κ1) is 24.6. The summed E-state index contributed by atoms with van der Waals surface area (Å²) in [5.74, 6) is 0.288. The lowest BCUT2D eigenvalue weighted by Gasteiger charge is -2.33. The van der Waals surface area contributed by atoms with E-state index in [1.165, 1.54) is 11.1 Å². The van der Waals surface area contributed by atoms with Crippen molar-refractivity contribution in [3.05, 3.63) is 71.3 Å². The first-order chi connectivity index (χ1) is 17.5. The van der Waals surface area contributed by atoms with Crippen molar-refractivity contribution >= 4 is 27.7 Å². The molecule has 0 unspecified atom stereocenters. The van der Waals surface area contributed by atoms with Gasteiger partial charge in [0, 0.05) is 40.6 Å². The predicted molar refractivity (Wildman–Crippen MR) is 145 cm³/mol. The highest BCUT2D eigenvalue weighted by Gasteiger charge is 2.24. The Morgan fingerprint density at radius 2 is 1.94 bits per heavy atom. The van der Waals surface area contributed by atoms with Crippen molar-refractivity contribution in [3.63, 3.8) is 0 Å². The molecule has 1 amide bonds. The van der Waals surface area contributed by atoms with Crippen LogP contribution in [0.3, 0.4) is 0 Å². The molecule has 1 atom stereocenters. The lowest BCUT2D eigenvalue weighted by Crippen LogP contribution is -2.40. The molecule has 0 spiro atoms. The topological polar surface area (TPSA) is 63.9 Å². The van der Waals surface area contributed by atoms with Crippen LogP contribution in [0.4, 0.5) is 4.39 Å². The van der Waals surface area contributed by atoms with E-state index in [1.54, 1.807) is 12.1 Å². The highest BCUT2D eigenvalue weighted by atomic mass is 19.1. The molecule has 0 bridgehead atoms. The molecule has 36 heavy (non-hydrogen) atoms. The molecule has 0 saturated carbocycles. The van der Waals surface area contributed by atoms with Crippen LogP contribution < -0.4 is 5.32 Å². The van der Waals surface area contributed by atoms with Gasteiger partial charge in [-0.2, -0.15) is 0 Å². The van der Waals surface area contributed by atoms with Crippen LogP contribution in [0.2, 0.25) is 0 Å². The third kappa shape index (κ3) is 5.49. The van der Waals surface area contributed by atoms with Gasteiger partial charge in [-0.15, -0.1) is 0 Å². The fraction of sp³-hybridized carbons (Fsp3) is 0.433. The van der Waals surface area contributed by atoms with Gasteiger partial charge in [0.25, 0.3) is 5.91 Å². The molecular formula is C30H37FN4O. The standard InChI is InChI=1S/C30H37FN4O/c1-3-4-5-24(33-30(36)29-17-22-7-6-20(2)16-27(22)34-29)12-15-35-13-10-21(11-14-35)26-19-32-28-18-23(31)8-9-25(26)28/h6-9,16-19,21,24,32,34H,3-5,10-15H2,1-2H3,(H,33,36)/t24-/m0/s1. The molecule has 1 saturated heterocycles. The van der Waals surface area contributed by atoms with E-state index in [9.17, 15) is 9.18 Å². The average molecular weight is 489 g/mol. The number of unbranched alkanes of at least 4 members (excludes halogenated alkanes) is 1. The number of H-pyrrole nitrogens is 2. The summed E-state index contributed by atoms with van der Waals surface area (Å²) in [6.07, 6.45) is 8.46. The van der Waals surface area contributed by atoms with Crippen LogP contribution in [-0.2, 0) is 0 Å². The van der Waals surface area contributed by atoms with Crippen LogP contribution in [0.25, 0.3) is 21.8 Å². The molecule has 1 fully saturated rings. The van der Waals surface area contributed by atoms with Crippen molar-refractivity contribution in [2.24, 2.45) is 0 Å². The van der Waals surface area contributed by atoms with Gasteiger partial charge in [-0.05, 0) is 93.1 Å². The zero-order valence-corrected chi connectivity index (χ0v) is 21.4. The number of nitrogens with zero attached hydrogens (tertiary/aromatic N) is 1. The van der Waals surface area contributed by atoms with Gasteiger partial charge in [-0.3, -0.25) is 4.79 Å². The Kier molecular flexibility index (Phi) is 7.42. The zero-order valence-electron chi connectivity index (χ0n) is 21.4. The normalized spacial score (nSPS) is 16.1. The van der Waals surface area contributed by atoms with E-state index in [2.05, 4.69) is 58.4 Å². The Balaban J connectivity index is 1.16. The summed E-state index contributed by atoms with van der Waals surface area (Å²) in [6.45, 7) is 7.35. The minimum absolute atomic E-state index is 0.0144. The number of fused-ring (bicyclic) bond motifs is 2. The number of aryl methyl sites for hydroxylation is 1. The summed E-state index contributed by atoms with van der Waals surface area (Å²) >= 11 is 0. The van der Waals surface area contributed by atoms with Crippen molar-refractivity contribution in [1.29, 1.82) is 0 Å². The van der Waals surface area contributed by atoms with Crippen LogP contribution >= 0.6 is 0 Å². The second-order valence-electron chi connectivity index (χ2n) is 10.4. The van der Waals surface area contributed by atoms with Crippen molar-refractivity contribution in [2.45, 2.75) is 64.3 Å². The van der Waals surface area contributed by atoms with E-state index in [-0.39, 0.29) is 17.8 Å². The quantitative estimate of drug-likeness (QED) is 0.247. The molecule has 5 nitrogen and oxygen atoms in total. The number of rotatable bonds is 9. The average Bonchev–Trinajstić information content (AvgIpc) is 3.49. The molecule has 5 rings (SSSR count). The maximum absolute atomic E-state index is 13.6. The first-order valence-corrected chi connectivity index (χ1v) is 13.4. The monoisotopic (exact) mass is 488 g/mol. The molecule has 6 heteroatoms. The molecule has 0 radical (unpaired) electrons. The first-order valence-electron chi connectivity index (χ1n) is 13.4. The van der Waals surface area contributed by atoms with Crippen LogP contribution in [0.15, 0.2) is 48.7 Å². The molecular weight excluding hydrogens is 451 g/mol. The summed E-state index contributed by atoms with van der Waals surface area (Å²) < 4.78 is 13.6. The lowest BCUT2D eigenvalue weighted by atomic mass is 9.89. The summed E-state index contributed by atoms with van der Waals surface area (Å²) in [4.78, 5) is 22.1. The Hall–Kier alpha value is -3.12. The number of amides is 1. The van der Waals surface area contributed by atoms with E-state index in [4.69, 9.17) is 0 Å². The van der Waals surface area contributed by atoms with Crippen molar-refractivity contribution in [2.75, 3.05) is 19.6 Å². The molecule has 1 aliphatic heterocycles. The SMILES string of the molecule is CCCC[C@@H](CCN1CCC(c2c[nH]c3cc(F)ccc23)CC1)NC(=O)c1cc2ccc(C)cc2[nH]1. The molecule has 4 aromatic rings. The Labute approximate surface area is 212 Å². The maximum Gasteiger partial charge on any atom is 0.267 e. The maximum atomic E-state index is 13.6. The smallest absolute Gasteiger partial charge is 0.267 e. The van der Waals surface area contributed by atoms with Crippen molar-refractivity contribution in [1.82, 2.24) is 20.2 Å². The second-order valence-corrected chi connectivity index (χ2v) is 10.4. The summed E-state index contributed by atoms with van der Waals surface area (Å²) in [7, 11) is 0. The third-order valence-corrected chi connectivity index (χ3v) is 7.76. The number of nitrogens with one attached hydrogen (secondary N) is 3. The number of likely N-dealkylation sites (tertiary alicyclic amines) is 1. The fourth-order valence-corrected chi connectivity index (χ4v) is 5.63. The second kappa shape index (κ2) is 10.9. The number of halogens is 1. The van der Waals surface area contributed by atoms with Crippen LogP contribution in [0.5, 0.6) is 0 Å². The Morgan fingerprint density at radius 3 is 2.75 bits per heavy atom. The van der Waals surface area contributed by atoms with Gasteiger partial charge in [0.2, 0.25) is 0 Å². The number of aromatic amines is 2. The van der Waals surface area contributed by atoms with Crippen LogP contribution in [0, 0.1) is 12.7 Å². The number of carbonyl (C=O) groups is 1. The van der Waals surface area contributed by atoms with E-state index >= 15 is 0 Å². The number of benzene rings is 2. The number of hydrogen-bond donors (Lipinski definition) is 3. The van der Waals surface area contributed by atoms with Crippen LogP contribution in [0.1, 0.15) is 73.0 Å². The van der Waals surface area contributed by atoms with E-state index in [0.717, 1.165) is 80.0 Å². The molecule has 3 heterocycles. The van der Waals surface area contributed by atoms with Crippen molar-refractivity contribution in [3.8, 4) is 0 Å². The minimum Gasteiger partial charge on any atom is -0.361 e.